The number of esters is 2. The zero-order valence-electron chi connectivity index (χ0n) is 58.4. The van der Waals surface area contributed by atoms with Crippen LogP contribution in [0.4, 0.5) is 0 Å². The molecule has 0 saturated heterocycles. The number of ether oxygens (including phenoxy) is 2. The molecule has 0 fully saturated rings. The second-order valence-electron chi connectivity index (χ2n) is 23.8. The summed E-state index contributed by atoms with van der Waals surface area (Å²) in [7, 11) is 1.11. The number of rotatable bonds is 62. The van der Waals surface area contributed by atoms with Crippen molar-refractivity contribution in [3.05, 3.63) is 219 Å². The number of hydrogen-bond donors (Lipinski definition) is 0. The summed E-state index contributed by atoms with van der Waals surface area (Å²) >= 11 is 0. The Kier molecular flexibility index (Phi) is 65.4. The van der Waals surface area contributed by atoms with Crippen molar-refractivity contribution in [3.63, 3.8) is 0 Å². The molecule has 0 rings (SSSR count). The number of hydrogen-bond acceptors (Lipinski definition) is 8. The predicted octanol–water partition coefficient (Wildman–Crippen LogP) is 23.0. The van der Waals surface area contributed by atoms with Gasteiger partial charge in [-0.25, -0.2) is 0 Å². The first kappa shape index (κ1) is 86.3. The quantitative estimate of drug-likeness (QED) is 0.0195. The summed E-state index contributed by atoms with van der Waals surface area (Å²) in [4.78, 5) is 38.1. The Balaban J connectivity index is 4.21. The van der Waals surface area contributed by atoms with E-state index in [1.807, 2.05) is 21.1 Å². The van der Waals surface area contributed by atoms with Gasteiger partial charge in [0.15, 0.2) is 6.10 Å². The summed E-state index contributed by atoms with van der Waals surface area (Å²) in [5.41, 5.74) is 0. The van der Waals surface area contributed by atoms with Gasteiger partial charge in [-0.05, 0) is 154 Å². The Bertz CT molecular complexity index is 2360. The van der Waals surface area contributed by atoms with Gasteiger partial charge < -0.3 is 27.9 Å². The summed E-state index contributed by atoms with van der Waals surface area (Å²) in [6.07, 6.45) is 111. The van der Waals surface area contributed by atoms with Gasteiger partial charge in [0.1, 0.15) is 19.8 Å². The maximum atomic E-state index is 12.9. The van der Waals surface area contributed by atoms with Crippen molar-refractivity contribution in [2.24, 2.45) is 0 Å². The third-order valence-corrected chi connectivity index (χ3v) is 15.0. The van der Waals surface area contributed by atoms with Gasteiger partial charge in [0.25, 0.3) is 7.82 Å². The number of carbonyl (C=O) groups excluding carboxylic acids is 2. The third-order valence-electron chi connectivity index (χ3n) is 14.0. The highest BCUT2D eigenvalue weighted by molar-refractivity contribution is 7.45. The van der Waals surface area contributed by atoms with Crippen molar-refractivity contribution in [3.8, 4) is 0 Å². The standard InChI is InChI=1S/C82H128NO8P/c1-6-8-10-12-14-16-18-20-22-24-26-28-30-32-34-35-36-37-38-39-40-41-42-43-44-45-46-47-49-51-53-55-57-59-61-63-65-67-69-71-73-75-82(85)91-80(79-90-92(86,87)89-77-76-83(3,4)5)78-88-81(84)74-72-70-68-66-64-62-60-58-56-54-52-50-48-33-31-29-27-25-23-21-19-17-15-13-11-9-7-2/h8-11,14-17,20-23,26-29,32-34,36-37,39-40,42-43,45-46,48-49,51-52,54-55,57-58,60,80H,6-7,12-13,18-19,24-25,30-31,35,38,41,44,47,50,53,56,59,61-79H2,1-5H3/b10-8-,11-9-,16-14-,17-15-,22-20-,23-21-,28-26-,29-27-,34-32-,37-36-,40-39-,43-42-,46-45-,48-33-,51-49-,54-52-,57-55-,60-58-. The SMILES string of the molecule is CC/C=C\C/C=C\C/C=C\C/C=C\C/C=C\C/C=C\C/C=C\C/C=C\C/C=C\C/C=C\C/C=C\CCCCCCCCCC(=O)OC(COC(=O)CCCCCCC/C=C\C/C=C\C/C=C\C/C=C\C/C=C\C/C=C\C/C=C\CC)COP(=O)([O-])OCC[N+](C)(C)C. The molecule has 0 amide bonds. The molecule has 0 aliphatic heterocycles. The molecule has 2 atom stereocenters. The van der Waals surface area contributed by atoms with Crippen LogP contribution in [0.2, 0.25) is 0 Å². The molecule has 0 saturated carbocycles. The smallest absolute Gasteiger partial charge is 0.306 e. The fourth-order valence-electron chi connectivity index (χ4n) is 8.64. The minimum absolute atomic E-state index is 0.0493. The third kappa shape index (κ3) is 73.4. The van der Waals surface area contributed by atoms with E-state index < -0.39 is 32.5 Å². The van der Waals surface area contributed by atoms with Crippen LogP contribution in [0.25, 0.3) is 0 Å². The van der Waals surface area contributed by atoms with Crippen LogP contribution in [-0.4, -0.2) is 70.0 Å². The minimum Gasteiger partial charge on any atom is -0.756 e. The summed E-state index contributed by atoms with van der Waals surface area (Å²) < 4.78 is 34.3. The number of phosphoric ester groups is 1. The van der Waals surface area contributed by atoms with Crippen LogP contribution in [0.1, 0.15) is 232 Å². The van der Waals surface area contributed by atoms with Gasteiger partial charge in [0, 0.05) is 12.8 Å². The molecule has 0 aliphatic carbocycles. The Morgan fingerprint density at radius 1 is 0.337 bits per heavy atom. The number of nitrogens with zero attached hydrogens (tertiary/aromatic N) is 1. The van der Waals surface area contributed by atoms with Crippen LogP contribution >= 0.6 is 7.82 Å². The molecule has 0 N–H and O–H groups in total. The fraction of sp³-hybridized carbons (Fsp3) is 0.537. The maximum absolute atomic E-state index is 12.9. The Hall–Kier alpha value is -5.67. The molecule has 0 aromatic heterocycles. The van der Waals surface area contributed by atoms with E-state index in [0.717, 1.165) is 180 Å². The summed E-state index contributed by atoms with van der Waals surface area (Å²) in [5.74, 6) is -0.886. The zero-order valence-corrected chi connectivity index (χ0v) is 59.3. The lowest BCUT2D eigenvalue weighted by Gasteiger charge is -2.28. The van der Waals surface area contributed by atoms with Crippen molar-refractivity contribution >= 4 is 19.8 Å². The Labute approximate surface area is 563 Å². The van der Waals surface area contributed by atoms with Crippen molar-refractivity contribution in [1.82, 2.24) is 0 Å². The van der Waals surface area contributed by atoms with Gasteiger partial charge in [-0.1, -0.05) is 284 Å². The van der Waals surface area contributed by atoms with E-state index in [1.165, 1.54) is 12.8 Å². The number of carbonyl (C=O) groups is 2. The number of unbranched alkanes of at least 4 members (excludes halogenated alkanes) is 12. The van der Waals surface area contributed by atoms with Crippen LogP contribution in [0.15, 0.2) is 219 Å². The molecule has 9 nitrogen and oxygen atoms in total. The van der Waals surface area contributed by atoms with E-state index in [1.54, 1.807) is 0 Å². The van der Waals surface area contributed by atoms with Gasteiger partial charge in [-0.15, -0.1) is 0 Å². The van der Waals surface area contributed by atoms with E-state index >= 15 is 0 Å². The molecule has 514 valence electrons. The largest absolute Gasteiger partial charge is 0.756 e. The van der Waals surface area contributed by atoms with Crippen LogP contribution in [0.3, 0.4) is 0 Å². The average molecular weight is 1290 g/mol. The van der Waals surface area contributed by atoms with Crippen LogP contribution < -0.4 is 4.89 Å². The van der Waals surface area contributed by atoms with Crippen molar-refractivity contribution < 1.29 is 42.1 Å². The summed E-state index contributed by atoms with van der Waals surface area (Å²) in [5, 5.41) is 0. The highest BCUT2D eigenvalue weighted by atomic mass is 31.2. The molecule has 0 aromatic rings. The van der Waals surface area contributed by atoms with E-state index in [-0.39, 0.29) is 26.1 Å². The number of likely N-dealkylation sites (N-methyl/N-ethyl adjacent to an activating group) is 1. The molecular weight excluding hydrogens is 1160 g/mol. The first-order valence-electron chi connectivity index (χ1n) is 35.4. The van der Waals surface area contributed by atoms with Gasteiger partial charge in [0.05, 0.1) is 27.7 Å². The Morgan fingerprint density at radius 2 is 0.587 bits per heavy atom. The van der Waals surface area contributed by atoms with Crippen molar-refractivity contribution in [2.75, 3.05) is 47.5 Å². The fourth-order valence-corrected chi connectivity index (χ4v) is 9.37. The van der Waals surface area contributed by atoms with Crippen LogP contribution in [-0.2, 0) is 32.7 Å². The average Bonchev–Trinajstić information content (AvgIpc) is 2.23. The van der Waals surface area contributed by atoms with Gasteiger partial charge >= 0.3 is 11.9 Å². The number of phosphoric acid groups is 1. The van der Waals surface area contributed by atoms with Crippen molar-refractivity contribution in [1.29, 1.82) is 0 Å². The molecule has 0 spiro atoms. The summed E-state index contributed by atoms with van der Waals surface area (Å²) in [6.45, 7) is 3.94. The molecule has 92 heavy (non-hydrogen) atoms. The van der Waals surface area contributed by atoms with Crippen LogP contribution in [0, 0.1) is 0 Å². The minimum atomic E-state index is -4.67. The molecule has 2 unspecified atom stereocenters. The van der Waals surface area contributed by atoms with Crippen LogP contribution in [0.5, 0.6) is 0 Å². The second kappa shape index (κ2) is 69.7. The lowest BCUT2D eigenvalue weighted by molar-refractivity contribution is -0.870. The molecule has 10 heteroatoms. The van der Waals surface area contributed by atoms with Gasteiger partial charge in [-0.2, -0.15) is 0 Å². The molecule has 0 heterocycles. The van der Waals surface area contributed by atoms with Gasteiger partial charge in [0.2, 0.25) is 0 Å². The topological polar surface area (TPSA) is 111 Å². The lowest BCUT2D eigenvalue weighted by Crippen LogP contribution is -2.37. The summed E-state index contributed by atoms with van der Waals surface area (Å²) in [6, 6.07) is 0. The monoisotopic (exact) mass is 1290 g/mol. The first-order valence-corrected chi connectivity index (χ1v) is 36.9. The lowest BCUT2D eigenvalue weighted by atomic mass is 10.1. The second-order valence-corrected chi connectivity index (χ2v) is 25.2. The van der Waals surface area contributed by atoms with E-state index in [9.17, 15) is 19.0 Å². The van der Waals surface area contributed by atoms with E-state index in [4.69, 9.17) is 18.5 Å². The molecule has 0 bridgehead atoms. The zero-order chi connectivity index (χ0) is 66.9. The molecule has 0 radical (unpaired) electrons. The highest BCUT2D eigenvalue weighted by Gasteiger charge is 2.22. The Morgan fingerprint density at radius 3 is 0.870 bits per heavy atom. The highest BCUT2D eigenvalue weighted by Crippen LogP contribution is 2.38. The van der Waals surface area contributed by atoms with E-state index in [0.29, 0.717) is 23.9 Å². The number of quaternary nitrogens is 1. The molecule has 0 aliphatic rings. The normalized spacial score (nSPS) is 14.5. The van der Waals surface area contributed by atoms with Gasteiger partial charge in [-0.3, -0.25) is 14.2 Å². The first-order chi connectivity index (χ1) is 45.0. The number of allylic oxidation sites excluding steroid dienone is 36. The molecule has 0 aromatic carbocycles. The predicted molar refractivity (Wildman–Crippen MR) is 396 cm³/mol. The van der Waals surface area contributed by atoms with Crippen molar-refractivity contribution in [2.45, 2.75) is 238 Å². The van der Waals surface area contributed by atoms with E-state index in [2.05, 4.69) is 233 Å². The maximum Gasteiger partial charge on any atom is 0.306 e. The molecular formula is C82H128NO8P.